The largest absolute Gasteiger partial charge is 0.393 e. The number of hydrogen-bond donors (Lipinski definition) is 1. The van der Waals surface area contributed by atoms with Crippen molar-refractivity contribution in [2.45, 2.75) is 32.5 Å². The SMILES string of the molecule is CCNCc1cc(F)cnc1N1CCCC(C(F)(F)F)C1. The molecule has 1 aliphatic rings. The lowest BCUT2D eigenvalue weighted by atomic mass is 9.97. The van der Waals surface area contributed by atoms with Crippen LogP contribution in [0.15, 0.2) is 12.3 Å². The van der Waals surface area contributed by atoms with E-state index in [4.69, 9.17) is 0 Å². The molecular weight excluding hydrogens is 286 g/mol. The van der Waals surface area contributed by atoms with Gasteiger partial charge in [0.2, 0.25) is 0 Å². The van der Waals surface area contributed by atoms with Crippen molar-refractivity contribution in [1.82, 2.24) is 10.3 Å². The lowest BCUT2D eigenvalue weighted by Gasteiger charge is -2.35. The van der Waals surface area contributed by atoms with Gasteiger partial charge in [-0.2, -0.15) is 13.2 Å². The first-order chi connectivity index (χ1) is 9.91. The van der Waals surface area contributed by atoms with Gasteiger partial charge in [-0.05, 0) is 25.5 Å². The minimum absolute atomic E-state index is 0.110. The molecule has 2 heterocycles. The molecule has 1 atom stereocenters. The van der Waals surface area contributed by atoms with E-state index in [9.17, 15) is 17.6 Å². The second-order valence-corrected chi connectivity index (χ2v) is 5.24. The number of anilines is 1. The van der Waals surface area contributed by atoms with E-state index in [1.807, 2.05) is 6.92 Å². The quantitative estimate of drug-likeness (QED) is 0.866. The summed E-state index contributed by atoms with van der Waals surface area (Å²) in [6, 6.07) is 1.34. The van der Waals surface area contributed by atoms with Gasteiger partial charge in [-0.25, -0.2) is 9.37 Å². The van der Waals surface area contributed by atoms with Gasteiger partial charge >= 0.3 is 6.18 Å². The molecule has 0 aromatic carbocycles. The minimum Gasteiger partial charge on any atom is -0.356 e. The summed E-state index contributed by atoms with van der Waals surface area (Å²) < 4.78 is 52.0. The van der Waals surface area contributed by atoms with Crippen LogP contribution in [-0.4, -0.2) is 30.8 Å². The number of nitrogens with one attached hydrogen (secondary N) is 1. The van der Waals surface area contributed by atoms with Crippen molar-refractivity contribution in [2.75, 3.05) is 24.5 Å². The van der Waals surface area contributed by atoms with E-state index in [2.05, 4.69) is 10.3 Å². The van der Waals surface area contributed by atoms with Crippen molar-refractivity contribution < 1.29 is 17.6 Å². The first-order valence-corrected chi connectivity index (χ1v) is 7.08. The molecular formula is C14H19F4N3. The van der Waals surface area contributed by atoms with Crippen LogP contribution in [-0.2, 0) is 6.54 Å². The molecule has 0 amide bonds. The van der Waals surface area contributed by atoms with Gasteiger partial charge in [0.15, 0.2) is 0 Å². The third-order valence-electron chi connectivity index (χ3n) is 3.66. The second kappa shape index (κ2) is 6.60. The summed E-state index contributed by atoms with van der Waals surface area (Å²) in [5.41, 5.74) is 0.597. The van der Waals surface area contributed by atoms with Crippen LogP contribution in [0.5, 0.6) is 0 Å². The van der Waals surface area contributed by atoms with Gasteiger partial charge in [-0.1, -0.05) is 6.92 Å². The molecule has 7 heteroatoms. The van der Waals surface area contributed by atoms with Crippen molar-refractivity contribution in [2.24, 2.45) is 5.92 Å². The Morgan fingerprint density at radius 1 is 1.43 bits per heavy atom. The molecule has 0 radical (unpaired) electrons. The van der Waals surface area contributed by atoms with Crippen LogP contribution in [0.3, 0.4) is 0 Å². The van der Waals surface area contributed by atoms with E-state index < -0.39 is 17.9 Å². The zero-order valence-electron chi connectivity index (χ0n) is 11.9. The van der Waals surface area contributed by atoms with Crippen LogP contribution in [0.2, 0.25) is 0 Å². The molecule has 0 bridgehead atoms. The molecule has 2 rings (SSSR count). The number of pyridine rings is 1. The second-order valence-electron chi connectivity index (χ2n) is 5.24. The molecule has 1 saturated heterocycles. The highest BCUT2D eigenvalue weighted by Crippen LogP contribution is 2.35. The van der Waals surface area contributed by atoms with Crippen molar-refractivity contribution in [1.29, 1.82) is 0 Å². The van der Waals surface area contributed by atoms with Gasteiger partial charge in [0.05, 0.1) is 12.1 Å². The lowest BCUT2D eigenvalue weighted by Crippen LogP contribution is -2.42. The fourth-order valence-corrected chi connectivity index (χ4v) is 2.59. The number of alkyl halides is 3. The molecule has 3 nitrogen and oxygen atoms in total. The van der Waals surface area contributed by atoms with Gasteiger partial charge in [-0.3, -0.25) is 0 Å². The molecule has 1 aromatic rings. The summed E-state index contributed by atoms with van der Waals surface area (Å²) >= 11 is 0. The summed E-state index contributed by atoms with van der Waals surface area (Å²) in [4.78, 5) is 5.63. The van der Waals surface area contributed by atoms with Gasteiger partial charge in [0, 0.05) is 25.2 Å². The third kappa shape index (κ3) is 4.06. The Labute approximate surface area is 121 Å². The van der Waals surface area contributed by atoms with Crippen molar-refractivity contribution in [3.63, 3.8) is 0 Å². The molecule has 0 spiro atoms. The fraction of sp³-hybridized carbons (Fsp3) is 0.643. The smallest absolute Gasteiger partial charge is 0.356 e. The zero-order chi connectivity index (χ0) is 15.5. The molecule has 1 aliphatic heterocycles. The molecule has 1 unspecified atom stereocenters. The van der Waals surface area contributed by atoms with Crippen molar-refractivity contribution in [3.05, 3.63) is 23.6 Å². The highest BCUT2D eigenvalue weighted by molar-refractivity contribution is 5.47. The van der Waals surface area contributed by atoms with Crippen LogP contribution in [0.1, 0.15) is 25.3 Å². The number of rotatable bonds is 4. The van der Waals surface area contributed by atoms with E-state index >= 15 is 0 Å². The maximum absolute atomic E-state index is 13.3. The predicted molar refractivity (Wildman–Crippen MR) is 72.6 cm³/mol. The average Bonchev–Trinajstić information content (AvgIpc) is 2.44. The standard InChI is InChI=1S/C14H19F4N3/c1-2-19-7-10-6-12(15)8-20-13(10)21-5-3-4-11(9-21)14(16,17)18/h6,8,11,19H,2-5,7,9H2,1H3. The van der Waals surface area contributed by atoms with Crippen LogP contribution in [0.4, 0.5) is 23.4 Å². The van der Waals surface area contributed by atoms with Gasteiger partial charge < -0.3 is 10.2 Å². The zero-order valence-corrected chi connectivity index (χ0v) is 11.9. The summed E-state index contributed by atoms with van der Waals surface area (Å²) in [6.07, 6.45) is -2.53. The Morgan fingerprint density at radius 2 is 2.19 bits per heavy atom. The molecule has 21 heavy (non-hydrogen) atoms. The van der Waals surface area contributed by atoms with Crippen LogP contribution >= 0.6 is 0 Å². The topological polar surface area (TPSA) is 28.2 Å². The van der Waals surface area contributed by atoms with E-state index in [0.29, 0.717) is 37.4 Å². The van der Waals surface area contributed by atoms with Gasteiger partial charge in [0.25, 0.3) is 0 Å². The Balaban J connectivity index is 2.20. The maximum atomic E-state index is 13.3. The molecule has 0 saturated carbocycles. The number of hydrogen-bond acceptors (Lipinski definition) is 3. The van der Waals surface area contributed by atoms with Crippen LogP contribution < -0.4 is 10.2 Å². The average molecular weight is 305 g/mol. The Hall–Kier alpha value is -1.37. The molecule has 1 fully saturated rings. The Kier molecular flexibility index (Phi) is 5.03. The maximum Gasteiger partial charge on any atom is 0.393 e. The molecule has 0 aliphatic carbocycles. The first kappa shape index (κ1) is 16.0. The highest BCUT2D eigenvalue weighted by Gasteiger charge is 2.42. The third-order valence-corrected chi connectivity index (χ3v) is 3.66. The summed E-state index contributed by atoms with van der Waals surface area (Å²) in [5.74, 6) is -1.37. The van der Waals surface area contributed by atoms with E-state index in [1.54, 1.807) is 4.90 Å². The number of halogens is 4. The number of piperidine rings is 1. The highest BCUT2D eigenvalue weighted by atomic mass is 19.4. The molecule has 118 valence electrons. The normalized spacial score (nSPS) is 19.9. The Bertz CT molecular complexity index is 476. The van der Waals surface area contributed by atoms with E-state index in [1.165, 1.54) is 6.07 Å². The number of aromatic nitrogens is 1. The Morgan fingerprint density at radius 3 is 2.86 bits per heavy atom. The van der Waals surface area contributed by atoms with Gasteiger partial charge in [0.1, 0.15) is 11.6 Å². The van der Waals surface area contributed by atoms with Gasteiger partial charge in [-0.15, -0.1) is 0 Å². The van der Waals surface area contributed by atoms with Crippen LogP contribution in [0.25, 0.3) is 0 Å². The van der Waals surface area contributed by atoms with E-state index in [-0.39, 0.29) is 13.0 Å². The summed E-state index contributed by atoms with van der Waals surface area (Å²) in [6.45, 7) is 3.41. The lowest BCUT2D eigenvalue weighted by molar-refractivity contribution is -0.176. The van der Waals surface area contributed by atoms with Crippen molar-refractivity contribution in [3.8, 4) is 0 Å². The molecule has 1 N–H and O–H groups in total. The number of nitrogens with zero attached hydrogens (tertiary/aromatic N) is 2. The summed E-state index contributed by atoms with van der Waals surface area (Å²) in [7, 11) is 0. The first-order valence-electron chi connectivity index (χ1n) is 7.08. The fourth-order valence-electron chi connectivity index (χ4n) is 2.59. The predicted octanol–water partition coefficient (Wildman–Crippen LogP) is 3.11. The van der Waals surface area contributed by atoms with E-state index in [0.717, 1.165) is 6.20 Å². The monoisotopic (exact) mass is 305 g/mol. The minimum atomic E-state index is -4.19. The molecule has 1 aromatic heterocycles. The summed E-state index contributed by atoms with van der Waals surface area (Å²) in [5, 5.41) is 3.06. The van der Waals surface area contributed by atoms with Crippen LogP contribution in [0, 0.1) is 11.7 Å². The van der Waals surface area contributed by atoms with Crippen molar-refractivity contribution >= 4 is 5.82 Å².